The molecule has 1 N–H and O–H groups in total. The number of benzene rings is 1. The average molecular weight is 319 g/mol. The van der Waals surface area contributed by atoms with Crippen molar-refractivity contribution in [3.8, 4) is 0 Å². The molecular weight excluding hydrogens is 300 g/mol. The molecule has 0 saturated carbocycles. The number of halogens is 1. The SMILES string of the molecule is CCCCN(C)c1cc(C(=O)Nc2cccc(Cl)c2)ncn1. The summed E-state index contributed by atoms with van der Waals surface area (Å²) in [5.41, 5.74) is 0.963. The smallest absolute Gasteiger partial charge is 0.274 e. The summed E-state index contributed by atoms with van der Waals surface area (Å²) in [5.74, 6) is 0.453. The lowest BCUT2D eigenvalue weighted by atomic mass is 10.3. The molecule has 1 amide bonds. The Morgan fingerprint density at radius 2 is 2.14 bits per heavy atom. The first-order chi connectivity index (χ1) is 10.6. The van der Waals surface area contributed by atoms with E-state index in [2.05, 4.69) is 22.2 Å². The molecule has 0 atom stereocenters. The van der Waals surface area contributed by atoms with Gasteiger partial charge in [-0.25, -0.2) is 9.97 Å². The van der Waals surface area contributed by atoms with E-state index < -0.39 is 0 Å². The number of nitrogens with zero attached hydrogens (tertiary/aromatic N) is 3. The molecule has 0 fully saturated rings. The molecule has 1 aromatic carbocycles. The largest absolute Gasteiger partial charge is 0.360 e. The zero-order valence-corrected chi connectivity index (χ0v) is 13.5. The number of nitrogens with one attached hydrogen (secondary N) is 1. The van der Waals surface area contributed by atoms with Gasteiger partial charge in [-0.15, -0.1) is 0 Å². The first-order valence-electron chi connectivity index (χ1n) is 7.20. The second kappa shape index (κ2) is 7.75. The van der Waals surface area contributed by atoms with Gasteiger partial charge in [0.25, 0.3) is 5.91 Å². The van der Waals surface area contributed by atoms with Gasteiger partial charge in [0.05, 0.1) is 0 Å². The Balaban J connectivity index is 2.10. The minimum absolute atomic E-state index is 0.283. The van der Waals surface area contributed by atoms with Crippen molar-refractivity contribution in [2.24, 2.45) is 0 Å². The molecule has 1 heterocycles. The van der Waals surface area contributed by atoms with E-state index in [0.29, 0.717) is 16.4 Å². The van der Waals surface area contributed by atoms with E-state index in [-0.39, 0.29) is 5.91 Å². The monoisotopic (exact) mass is 318 g/mol. The van der Waals surface area contributed by atoms with Crippen molar-refractivity contribution in [2.75, 3.05) is 23.8 Å². The standard InChI is InChI=1S/C16H19ClN4O/c1-3-4-8-21(2)15-10-14(18-11-19-15)16(22)20-13-7-5-6-12(17)9-13/h5-7,9-11H,3-4,8H2,1-2H3,(H,20,22). The molecule has 0 spiro atoms. The van der Waals surface area contributed by atoms with Crippen LogP contribution in [0.15, 0.2) is 36.7 Å². The number of aromatic nitrogens is 2. The fourth-order valence-electron chi connectivity index (χ4n) is 1.95. The Hall–Kier alpha value is -2.14. The first kappa shape index (κ1) is 16.2. The number of carbonyl (C=O) groups is 1. The molecule has 6 heteroatoms. The van der Waals surface area contributed by atoms with Gasteiger partial charge in [-0.3, -0.25) is 4.79 Å². The summed E-state index contributed by atoms with van der Waals surface area (Å²) in [6.07, 6.45) is 3.59. The van der Waals surface area contributed by atoms with E-state index in [1.807, 2.05) is 11.9 Å². The molecule has 0 saturated heterocycles. The van der Waals surface area contributed by atoms with Crippen LogP contribution in [0.4, 0.5) is 11.5 Å². The number of hydrogen-bond donors (Lipinski definition) is 1. The van der Waals surface area contributed by atoms with Gasteiger partial charge in [-0.2, -0.15) is 0 Å². The van der Waals surface area contributed by atoms with E-state index in [1.54, 1.807) is 30.3 Å². The molecule has 2 aromatic rings. The Morgan fingerprint density at radius 1 is 1.32 bits per heavy atom. The number of hydrogen-bond acceptors (Lipinski definition) is 4. The maximum absolute atomic E-state index is 12.3. The second-order valence-corrected chi connectivity index (χ2v) is 5.44. The van der Waals surface area contributed by atoms with Crippen LogP contribution in [0, 0.1) is 0 Å². The topological polar surface area (TPSA) is 58.1 Å². The van der Waals surface area contributed by atoms with Crippen LogP contribution < -0.4 is 10.2 Å². The van der Waals surface area contributed by atoms with Crippen molar-refractivity contribution in [3.05, 3.63) is 47.4 Å². The highest BCUT2D eigenvalue weighted by molar-refractivity contribution is 6.30. The Kier molecular flexibility index (Phi) is 5.72. The third-order valence-electron chi connectivity index (χ3n) is 3.21. The van der Waals surface area contributed by atoms with E-state index in [9.17, 15) is 4.79 Å². The predicted octanol–water partition coefficient (Wildman–Crippen LogP) is 3.62. The molecule has 1 aromatic heterocycles. The fourth-order valence-corrected chi connectivity index (χ4v) is 2.14. The molecule has 0 aliphatic carbocycles. The summed E-state index contributed by atoms with van der Waals surface area (Å²) in [5, 5.41) is 3.35. The van der Waals surface area contributed by atoms with Crippen molar-refractivity contribution >= 4 is 29.0 Å². The lowest BCUT2D eigenvalue weighted by Crippen LogP contribution is -2.21. The van der Waals surface area contributed by atoms with Crippen molar-refractivity contribution < 1.29 is 4.79 Å². The van der Waals surface area contributed by atoms with Gasteiger partial charge in [-0.1, -0.05) is 31.0 Å². The van der Waals surface area contributed by atoms with Gasteiger partial charge in [-0.05, 0) is 24.6 Å². The minimum Gasteiger partial charge on any atom is -0.360 e. The normalized spacial score (nSPS) is 10.3. The highest BCUT2D eigenvalue weighted by atomic mass is 35.5. The second-order valence-electron chi connectivity index (χ2n) is 5.00. The fraction of sp³-hybridized carbons (Fsp3) is 0.312. The van der Waals surface area contributed by atoms with E-state index in [0.717, 1.165) is 25.2 Å². The van der Waals surface area contributed by atoms with Gasteiger partial charge < -0.3 is 10.2 Å². The highest BCUT2D eigenvalue weighted by Crippen LogP contribution is 2.16. The number of carbonyl (C=O) groups excluding carboxylic acids is 1. The van der Waals surface area contributed by atoms with Gasteiger partial charge in [0.2, 0.25) is 0 Å². The summed E-state index contributed by atoms with van der Waals surface area (Å²) < 4.78 is 0. The van der Waals surface area contributed by atoms with Crippen LogP contribution in [0.1, 0.15) is 30.3 Å². The van der Waals surface area contributed by atoms with E-state index in [1.165, 1.54) is 6.33 Å². The van der Waals surface area contributed by atoms with Crippen molar-refractivity contribution in [1.82, 2.24) is 9.97 Å². The molecule has 0 radical (unpaired) electrons. The molecule has 0 bridgehead atoms. The summed E-state index contributed by atoms with van der Waals surface area (Å²) in [4.78, 5) is 22.5. The molecule has 116 valence electrons. The van der Waals surface area contributed by atoms with Gasteiger partial charge in [0.1, 0.15) is 17.8 Å². The van der Waals surface area contributed by atoms with Crippen LogP contribution in [0.25, 0.3) is 0 Å². The Bertz CT molecular complexity index is 648. The van der Waals surface area contributed by atoms with E-state index in [4.69, 9.17) is 11.6 Å². The van der Waals surface area contributed by atoms with Crippen LogP contribution in [-0.2, 0) is 0 Å². The van der Waals surface area contributed by atoms with Crippen LogP contribution in [0.5, 0.6) is 0 Å². The molecule has 22 heavy (non-hydrogen) atoms. The van der Waals surface area contributed by atoms with Crippen LogP contribution in [-0.4, -0.2) is 29.5 Å². The predicted molar refractivity (Wildman–Crippen MR) is 89.6 cm³/mol. The molecule has 2 rings (SSSR count). The maximum Gasteiger partial charge on any atom is 0.274 e. The quantitative estimate of drug-likeness (QED) is 0.883. The minimum atomic E-state index is -0.283. The zero-order valence-electron chi connectivity index (χ0n) is 12.7. The number of rotatable bonds is 6. The molecule has 5 nitrogen and oxygen atoms in total. The van der Waals surface area contributed by atoms with Crippen molar-refractivity contribution in [1.29, 1.82) is 0 Å². The lowest BCUT2D eigenvalue weighted by Gasteiger charge is -2.17. The van der Waals surface area contributed by atoms with Gasteiger partial charge in [0, 0.05) is 30.4 Å². The number of anilines is 2. The van der Waals surface area contributed by atoms with Crippen LogP contribution >= 0.6 is 11.6 Å². The summed E-state index contributed by atoms with van der Waals surface area (Å²) in [6, 6.07) is 8.69. The first-order valence-corrected chi connectivity index (χ1v) is 7.58. The molecule has 0 unspecified atom stereocenters. The molecule has 0 aliphatic heterocycles. The Labute approximate surface area is 135 Å². The maximum atomic E-state index is 12.3. The van der Waals surface area contributed by atoms with Gasteiger partial charge >= 0.3 is 0 Å². The third-order valence-corrected chi connectivity index (χ3v) is 3.44. The number of unbranched alkanes of at least 4 members (excludes halogenated alkanes) is 1. The molecule has 0 aliphatic rings. The van der Waals surface area contributed by atoms with Crippen LogP contribution in [0.3, 0.4) is 0 Å². The van der Waals surface area contributed by atoms with Crippen molar-refractivity contribution in [2.45, 2.75) is 19.8 Å². The highest BCUT2D eigenvalue weighted by Gasteiger charge is 2.11. The molecular formula is C16H19ClN4O. The Morgan fingerprint density at radius 3 is 2.86 bits per heavy atom. The summed E-state index contributed by atoms with van der Waals surface area (Å²) in [6.45, 7) is 3.03. The zero-order chi connectivity index (χ0) is 15.9. The van der Waals surface area contributed by atoms with Gasteiger partial charge in [0.15, 0.2) is 0 Å². The third kappa shape index (κ3) is 4.43. The summed E-state index contributed by atoms with van der Waals surface area (Å²) >= 11 is 5.91. The van der Waals surface area contributed by atoms with E-state index >= 15 is 0 Å². The lowest BCUT2D eigenvalue weighted by molar-refractivity contribution is 0.102. The number of amides is 1. The average Bonchev–Trinajstić information content (AvgIpc) is 2.52. The summed E-state index contributed by atoms with van der Waals surface area (Å²) in [7, 11) is 1.96. The van der Waals surface area contributed by atoms with Crippen molar-refractivity contribution in [3.63, 3.8) is 0 Å². The van der Waals surface area contributed by atoms with Crippen LogP contribution in [0.2, 0.25) is 5.02 Å².